The predicted molar refractivity (Wildman–Crippen MR) is 112 cm³/mol. The molecule has 2 aromatic carbocycles. The highest BCUT2D eigenvalue weighted by molar-refractivity contribution is 5.93. The van der Waals surface area contributed by atoms with Crippen LogP contribution in [-0.2, 0) is 16.1 Å². The average Bonchev–Trinajstić information content (AvgIpc) is 3.04. The molecular weight excluding hydrogens is 382 g/mol. The van der Waals surface area contributed by atoms with Gasteiger partial charge in [0.25, 0.3) is 5.91 Å². The molecule has 30 heavy (non-hydrogen) atoms. The fraction of sp³-hybridized carbons (Fsp3) is 0.261. The van der Waals surface area contributed by atoms with Gasteiger partial charge in [0.2, 0.25) is 0 Å². The number of ether oxygens (including phenoxy) is 2. The summed E-state index contributed by atoms with van der Waals surface area (Å²) in [6.45, 7) is 4.43. The first-order valence-electron chi connectivity index (χ1n) is 9.74. The van der Waals surface area contributed by atoms with Crippen molar-refractivity contribution in [1.82, 2.24) is 15.1 Å². The lowest BCUT2D eigenvalue weighted by molar-refractivity contribution is -0.124. The third kappa shape index (κ3) is 5.70. The first-order valence-corrected chi connectivity index (χ1v) is 9.74. The number of para-hydroxylation sites is 1. The van der Waals surface area contributed by atoms with Crippen molar-refractivity contribution in [3.05, 3.63) is 83.2 Å². The van der Waals surface area contributed by atoms with Crippen LogP contribution in [0.25, 0.3) is 0 Å². The van der Waals surface area contributed by atoms with Gasteiger partial charge in [0.05, 0.1) is 24.5 Å². The normalized spacial score (nSPS) is 10.5. The van der Waals surface area contributed by atoms with E-state index in [1.165, 1.54) is 0 Å². The van der Waals surface area contributed by atoms with E-state index in [-0.39, 0.29) is 12.5 Å². The summed E-state index contributed by atoms with van der Waals surface area (Å²) in [5, 5.41) is 7.11. The van der Waals surface area contributed by atoms with Crippen LogP contribution in [0.2, 0.25) is 0 Å². The second-order valence-electron chi connectivity index (χ2n) is 6.78. The molecule has 0 atom stereocenters. The zero-order chi connectivity index (χ0) is 21.3. The topological polar surface area (TPSA) is 82.5 Å². The smallest absolute Gasteiger partial charge is 0.342 e. The molecule has 0 aliphatic carbocycles. The number of nitrogens with one attached hydrogen (secondary N) is 1. The molecule has 1 amide bonds. The minimum Gasteiger partial charge on any atom is -0.492 e. The number of hydrogen-bond acceptors (Lipinski definition) is 5. The maximum absolute atomic E-state index is 12.5. The molecule has 0 spiro atoms. The zero-order valence-electron chi connectivity index (χ0n) is 17.1. The van der Waals surface area contributed by atoms with Crippen LogP contribution in [0.5, 0.6) is 5.75 Å². The van der Waals surface area contributed by atoms with Crippen LogP contribution in [0.4, 0.5) is 0 Å². The fourth-order valence-corrected chi connectivity index (χ4v) is 3.03. The lowest BCUT2D eigenvalue weighted by atomic mass is 10.2. The van der Waals surface area contributed by atoms with Gasteiger partial charge in [0, 0.05) is 0 Å². The predicted octanol–water partition coefficient (Wildman–Crippen LogP) is 2.90. The monoisotopic (exact) mass is 407 g/mol. The summed E-state index contributed by atoms with van der Waals surface area (Å²) < 4.78 is 12.5. The largest absolute Gasteiger partial charge is 0.492 e. The summed E-state index contributed by atoms with van der Waals surface area (Å²) in [4.78, 5) is 24.4. The molecule has 7 nitrogen and oxygen atoms in total. The number of amides is 1. The molecule has 0 radical (unpaired) electrons. The molecule has 0 aliphatic rings. The summed E-state index contributed by atoms with van der Waals surface area (Å²) in [6.07, 6.45) is 0. The van der Waals surface area contributed by atoms with Crippen molar-refractivity contribution >= 4 is 11.9 Å². The third-order valence-electron chi connectivity index (χ3n) is 4.53. The lowest BCUT2D eigenvalue weighted by Crippen LogP contribution is -2.32. The molecular formula is C23H25N3O4. The Kier molecular flexibility index (Phi) is 7.21. The van der Waals surface area contributed by atoms with E-state index >= 15 is 0 Å². The number of aromatic nitrogens is 2. The van der Waals surface area contributed by atoms with Gasteiger partial charge in [-0.15, -0.1) is 0 Å². The Morgan fingerprint density at radius 3 is 2.37 bits per heavy atom. The van der Waals surface area contributed by atoms with Crippen molar-refractivity contribution in [3.63, 3.8) is 0 Å². The highest BCUT2D eigenvalue weighted by Crippen LogP contribution is 2.16. The SMILES string of the molecule is Cc1nn(Cc2ccccc2)c(C)c1C(=O)OCC(=O)NCCOc1ccccc1. The van der Waals surface area contributed by atoms with E-state index in [2.05, 4.69) is 10.4 Å². The Labute approximate surface area is 175 Å². The Bertz CT molecular complexity index is 984. The summed E-state index contributed by atoms with van der Waals surface area (Å²) in [5.41, 5.74) is 2.76. The number of aryl methyl sites for hydroxylation is 1. The number of nitrogens with zero attached hydrogens (tertiary/aromatic N) is 2. The summed E-state index contributed by atoms with van der Waals surface area (Å²) in [5.74, 6) is -0.205. The Hall–Kier alpha value is -3.61. The van der Waals surface area contributed by atoms with Crippen molar-refractivity contribution in [2.45, 2.75) is 20.4 Å². The first kappa shape index (κ1) is 21.1. The molecule has 0 saturated heterocycles. The van der Waals surface area contributed by atoms with Crippen LogP contribution in [-0.4, -0.2) is 41.4 Å². The number of esters is 1. The van der Waals surface area contributed by atoms with Gasteiger partial charge < -0.3 is 14.8 Å². The van der Waals surface area contributed by atoms with Crippen LogP contribution >= 0.6 is 0 Å². The number of carbonyl (C=O) groups is 2. The van der Waals surface area contributed by atoms with Crippen LogP contribution in [0.1, 0.15) is 27.3 Å². The highest BCUT2D eigenvalue weighted by Gasteiger charge is 2.21. The van der Waals surface area contributed by atoms with Gasteiger partial charge in [-0.25, -0.2) is 4.79 Å². The molecule has 0 unspecified atom stereocenters. The van der Waals surface area contributed by atoms with Crippen LogP contribution in [0.3, 0.4) is 0 Å². The van der Waals surface area contributed by atoms with Crippen LogP contribution in [0, 0.1) is 13.8 Å². The van der Waals surface area contributed by atoms with E-state index in [1.807, 2.05) is 67.6 Å². The van der Waals surface area contributed by atoms with Gasteiger partial charge in [-0.3, -0.25) is 9.48 Å². The molecule has 1 aromatic heterocycles. The maximum atomic E-state index is 12.5. The van der Waals surface area contributed by atoms with Crippen molar-refractivity contribution in [2.24, 2.45) is 0 Å². The molecule has 3 rings (SSSR count). The highest BCUT2D eigenvalue weighted by atomic mass is 16.5. The van der Waals surface area contributed by atoms with E-state index in [9.17, 15) is 9.59 Å². The molecule has 3 aromatic rings. The zero-order valence-corrected chi connectivity index (χ0v) is 17.1. The number of rotatable bonds is 9. The quantitative estimate of drug-likeness (QED) is 0.436. The lowest BCUT2D eigenvalue weighted by Gasteiger charge is -2.09. The fourth-order valence-electron chi connectivity index (χ4n) is 3.03. The van der Waals surface area contributed by atoms with Gasteiger partial charge in [0.1, 0.15) is 17.9 Å². The summed E-state index contributed by atoms with van der Waals surface area (Å²) >= 11 is 0. The second kappa shape index (κ2) is 10.2. The molecule has 0 saturated carbocycles. The molecule has 156 valence electrons. The third-order valence-corrected chi connectivity index (χ3v) is 4.53. The standard InChI is InChI=1S/C23H25N3O4/c1-17-22(18(2)26(25-17)15-19-9-5-3-6-10-19)23(28)30-16-21(27)24-13-14-29-20-11-7-4-8-12-20/h3-12H,13-16H2,1-2H3,(H,24,27). The van der Waals surface area contributed by atoms with E-state index in [4.69, 9.17) is 9.47 Å². The van der Waals surface area contributed by atoms with E-state index in [0.717, 1.165) is 11.3 Å². The second-order valence-corrected chi connectivity index (χ2v) is 6.78. The van der Waals surface area contributed by atoms with Crippen LogP contribution < -0.4 is 10.1 Å². The Morgan fingerprint density at radius 2 is 1.67 bits per heavy atom. The van der Waals surface area contributed by atoms with Gasteiger partial charge >= 0.3 is 5.97 Å². The minimum absolute atomic E-state index is 0.318. The van der Waals surface area contributed by atoms with Crippen molar-refractivity contribution in [3.8, 4) is 5.75 Å². The molecule has 0 aliphatic heterocycles. The number of carbonyl (C=O) groups excluding carboxylic acids is 2. The average molecular weight is 407 g/mol. The van der Waals surface area contributed by atoms with Crippen molar-refractivity contribution in [1.29, 1.82) is 0 Å². The Morgan fingerprint density at radius 1 is 1.00 bits per heavy atom. The van der Waals surface area contributed by atoms with Gasteiger partial charge in [-0.05, 0) is 31.5 Å². The molecule has 1 N–H and O–H groups in total. The van der Waals surface area contributed by atoms with Gasteiger partial charge in [0.15, 0.2) is 6.61 Å². The first-order chi connectivity index (χ1) is 14.5. The molecule has 7 heteroatoms. The maximum Gasteiger partial charge on any atom is 0.342 e. The van der Waals surface area contributed by atoms with Gasteiger partial charge in [-0.1, -0.05) is 48.5 Å². The summed E-state index contributed by atoms with van der Waals surface area (Å²) in [6, 6.07) is 19.2. The molecule has 0 fully saturated rings. The summed E-state index contributed by atoms with van der Waals surface area (Å²) in [7, 11) is 0. The van der Waals surface area contributed by atoms with Crippen molar-refractivity contribution < 1.29 is 19.1 Å². The van der Waals surface area contributed by atoms with Gasteiger partial charge in [-0.2, -0.15) is 5.10 Å². The van der Waals surface area contributed by atoms with E-state index < -0.39 is 5.97 Å². The molecule has 1 heterocycles. The van der Waals surface area contributed by atoms with E-state index in [0.29, 0.717) is 36.6 Å². The molecule has 0 bridgehead atoms. The minimum atomic E-state index is -0.556. The number of hydrogen-bond donors (Lipinski definition) is 1. The number of benzene rings is 2. The van der Waals surface area contributed by atoms with E-state index in [1.54, 1.807) is 11.6 Å². The van der Waals surface area contributed by atoms with Crippen LogP contribution in [0.15, 0.2) is 60.7 Å². The van der Waals surface area contributed by atoms with Crippen molar-refractivity contribution in [2.75, 3.05) is 19.8 Å². The Balaban J connectivity index is 1.46.